The first kappa shape index (κ1) is 24.1. The van der Waals surface area contributed by atoms with Gasteiger partial charge in [-0.05, 0) is 50.1 Å². The molecule has 0 bridgehead atoms. The van der Waals surface area contributed by atoms with Crippen LogP contribution in [0.25, 0.3) is 6.08 Å². The molecule has 1 atom stereocenters. The lowest BCUT2D eigenvalue weighted by Crippen LogP contribution is -2.46. The van der Waals surface area contributed by atoms with Gasteiger partial charge in [-0.25, -0.2) is 17.7 Å². The van der Waals surface area contributed by atoms with Gasteiger partial charge in [-0.1, -0.05) is 0 Å². The fraction of sp³-hybridized carbons (Fsp3) is 0.455. The predicted octanol–water partition coefficient (Wildman–Crippen LogP) is 3.83. The molecule has 2 saturated heterocycles. The summed E-state index contributed by atoms with van der Waals surface area (Å²) in [4.78, 5) is 19.7. The molecule has 178 valence electrons. The van der Waals surface area contributed by atoms with Crippen molar-refractivity contribution in [1.29, 1.82) is 0 Å². The van der Waals surface area contributed by atoms with Crippen LogP contribution in [0.4, 0.5) is 10.8 Å². The van der Waals surface area contributed by atoms with Gasteiger partial charge in [0.15, 0.2) is 5.13 Å². The highest BCUT2D eigenvalue weighted by molar-refractivity contribution is 8.03. The van der Waals surface area contributed by atoms with Crippen LogP contribution in [-0.2, 0) is 14.8 Å². The number of amides is 1. The van der Waals surface area contributed by atoms with Crippen LogP contribution in [0.2, 0.25) is 0 Å². The summed E-state index contributed by atoms with van der Waals surface area (Å²) in [6.07, 6.45) is 3.37. The molecule has 3 heterocycles. The van der Waals surface area contributed by atoms with Gasteiger partial charge in [0.2, 0.25) is 15.9 Å². The molecular weight excluding hydrogens is 480 g/mol. The number of hydrogen-bond donors (Lipinski definition) is 1. The topological polar surface area (TPSA) is 91.8 Å². The van der Waals surface area contributed by atoms with Crippen LogP contribution in [0, 0.1) is 5.92 Å². The number of carbonyl (C=O) groups is 1. The lowest BCUT2D eigenvalue weighted by Gasteiger charge is -2.33. The second-order valence-corrected chi connectivity index (χ2v) is 12.1. The van der Waals surface area contributed by atoms with Crippen molar-refractivity contribution in [1.82, 2.24) is 14.2 Å². The Hall–Kier alpha value is -2.08. The van der Waals surface area contributed by atoms with Crippen LogP contribution in [0.15, 0.2) is 34.7 Å². The maximum Gasteiger partial charge on any atom is 0.231 e. The zero-order valence-electron chi connectivity index (χ0n) is 18.7. The Labute approximate surface area is 203 Å². The Bertz CT molecular complexity index is 1110. The molecule has 2 fully saturated rings. The summed E-state index contributed by atoms with van der Waals surface area (Å²) < 4.78 is 31.2. The maximum absolute atomic E-state index is 13.3. The number of aromatic nitrogens is 1. The van der Waals surface area contributed by atoms with E-state index >= 15 is 0 Å². The van der Waals surface area contributed by atoms with Crippen molar-refractivity contribution < 1.29 is 17.9 Å². The Kier molecular flexibility index (Phi) is 7.62. The van der Waals surface area contributed by atoms with Crippen molar-refractivity contribution in [3.63, 3.8) is 0 Å². The number of methoxy groups -OCH3 is 1. The second kappa shape index (κ2) is 10.5. The van der Waals surface area contributed by atoms with Crippen molar-refractivity contribution >= 4 is 55.9 Å². The lowest BCUT2D eigenvalue weighted by atomic mass is 9.98. The highest BCUT2D eigenvalue weighted by Gasteiger charge is 2.36. The van der Waals surface area contributed by atoms with Gasteiger partial charge in [-0.3, -0.25) is 4.79 Å². The number of sulfonamides is 1. The third-order valence-electron chi connectivity index (χ3n) is 5.72. The molecule has 0 aliphatic carbocycles. The Morgan fingerprint density at radius 2 is 2.09 bits per heavy atom. The van der Waals surface area contributed by atoms with E-state index in [2.05, 4.69) is 10.3 Å². The molecule has 8 nitrogen and oxygen atoms in total. The van der Waals surface area contributed by atoms with Crippen molar-refractivity contribution in [2.45, 2.75) is 19.8 Å². The number of rotatable bonds is 7. The number of thiazole rings is 1. The van der Waals surface area contributed by atoms with E-state index in [4.69, 9.17) is 4.74 Å². The fourth-order valence-corrected chi connectivity index (χ4v) is 6.79. The average Bonchev–Trinajstić information content (AvgIpc) is 3.49. The molecule has 0 saturated carbocycles. The summed E-state index contributed by atoms with van der Waals surface area (Å²) >= 11 is 3.13. The molecule has 4 rings (SSSR count). The highest BCUT2D eigenvalue weighted by Crippen LogP contribution is 2.34. The third kappa shape index (κ3) is 5.71. The van der Waals surface area contributed by atoms with Gasteiger partial charge in [0.05, 0.1) is 29.5 Å². The molecule has 11 heteroatoms. The van der Waals surface area contributed by atoms with Crippen molar-refractivity contribution in [2.24, 2.45) is 5.92 Å². The van der Waals surface area contributed by atoms with Gasteiger partial charge < -0.3 is 15.0 Å². The number of benzene rings is 1. The van der Waals surface area contributed by atoms with Gasteiger partial charge in [-0.2, -0.15) is 0 Å². The maximum atomic E-state index is 13.3. The fourth-order valence-electron chi connectivity index (χ4n) is 3.90. The van der Waals surface area contributed by atoms with Crippen LogP contribution < -0.4 is 10.1 Å². The summed E-state index contributed by atoms with van der Waals surface area (Å²) in [5.74, 6) is 1.39. The lowest BCUT2D eigenvalue weighted by molar-refractivity contribution is -0.133. The minimum absolute atomic E-state index is 0.00839. The van der Waals surface area contributed by atoms with Gasteiger partial charge in [0, 0.05) is 36.5 Å². The number of nitrogens with one attached hydrogen (secondary N) is 1. The summed E-state index contributed by atoms with van der Waals surface area (Å²) in [5.41, 5.74) is 1.71. The molecule has 33 heavy (non-hydrogen) atoms. The minimum Gasteiger partial charge on any atom is -0.497 e. The second-order valence-electron chi connectivity index (χ2n) is 7.85. The van der Waals surface area contributed by atoms with Gasteiger partial charge in [0.1, 0.15) is 5.75 Å². The number of piperidine rings is 1. The Morgan fingerprint density at radius 1 is 1.30 bits per heavy atom. The SMILES string of the molecule is CCS(=O)(=O)N1CCCC(C(=O)N2CCS/C2=C/c2csc(Nc3ccc(OC)cc3)n2)C1. The molecule has 1 unspecified atom stereocenters. The van der Waals surface area contributed by atoms with Gasteiger partial charge in [-0.15, -0.1) is 23.1 Å². The number of thioether (sulfide) groups is 1. The van der Waals surface area contributed by atoms with Crippen LogP contribution in [0.1, 0.15) is 25.5 Å². The van der Waals surface area contributed by atoms with Crippen molar-refractivity contribution in [3.8, 4) is 5.75 Å². The quantitative estimate of drug-likeness (QED) is 0.608. The zero-order chi connectivity index (χ0) is 23.4. The molecule has 0 spiro atoms. The molecule has 1 aromatic carbocycles. The van der Waals surface area contributed by atoms with Gasteiger partial charge >= 0.3 is 0 Å². The number of nitrogens with zero attached hydrogens (tertiary/aromatic N) is 3. The third-order valence-corrected chi connectivity index (χ3v) is 9.37. The van der Waals surface area contributed by atoms with E-state index in [0.717, 1.165) is 39.5 Å². The molecule has 2 aliphatic heterocycles. The monoisotopic (exact) mass is 508 g/mol. The van der Waals surface area contributed by atoms with Gasteiger partial charge in [0.25, 0.3) is 0 Å². The van der Waals surface area contributed by atoms with Crippen molar-refractivity contribution in [3.05, 3.63) is 40.4 Å². The van der Waals surface area contributed by atoms with Crippen LogP contribution in [0.5, 0.6) is 5.75 Å². The number of carbonyl (C=O) groups excluding carboxylic acids is 1. The predicted molar refractivity (Wildman–Crippen MR) is 134 cm³/mol. The van der Waals surface area contributed by atoms with E-state index in [0.29, 0.717) is 19.5 Å². The van der Waals surface area contributed by atoms with Crippen LogP contribution in [0.3, 0.4) is 0 Å². The smallest absolute Gasteiger partial charge is 0.231 e. The summed E-state index contributed by atoms with van der Waals surface area (Å²) in [6, 6.07) is 7.63. The normalized spacial score (nSPS) is 20.8. The first-order valence-corrected chi connectivity index (χ1v) is 14.4. The molecule has 0 radical (unpaired) electrons. The Balaban J connectivity index is 1.43. The van der Waals surface area contributed by atoms with E-state index in [-0.39, 0.29) is 24.1 Å². The van der Waals surface area contributed by atoms with E-state index < -0.39 is 10.0 Å². The largest absolute Gasteiger partial charge is 0.497 e. The summed E-state index contributed by atoms with van der Waals surface area (Å²) in [6.45, 7) is 3.05. The van der Waals surface area contributed by atoms with E-state index in [9.17, 15) is 13.2 Å². The standard InChI is InChI=1S/C22H28N4O4S3/c1-3-33(28,29)25-10-4-5-16(14-25)21(27)26-11-12-31-20(26)13-18-15-32-22(24-18)23-17-6-8-19(30-2)9-7-17/h6-9,13,15-16H,3-5,10-12,14H2,1-2H3,(H,23,24)/b20-13+. The number of hydrogen-bond acceptors (Lipinski definition) is 8. The molecule has 2 aliphatic rings. The molecule has 2 aromatic rings. The zero-order valence-corrected chi connectivity index (χ0v) is 21.1. The van der Waals surface area contributed by atoms with E-state index in [1.165, 1.54) is 15.6 Å². The highest BCUT2D eigenvalue weighted by atomic mass is 32.2. The van der Waals surface area contributed by atoms with Crippen molar-refractivity contribution in [2.75, 3.05) is 43.6 Å². The van der Waals surface area contributed by atoms with E-state index in [1.807, 2.05) is 35.7 Å². The number of anilines is 2. The first-order valence-electron chi connectivity index (χ1n) is 10.9. The molecule has 1 N–H and O–H groups in total. The molecular formula is C22H28N4O4S3. The number of ether oxygens (including phenoxy) is 1. The summed E-state index contributed by atoms with van der Waals surface area (Å²) in [7, 11) is -1.65. The van der Waals surface area contributed by atoms with E-state index in [1.54, 1.807) is 30.7 Å². The molecule has 1 aromatic heterocycles. The minimum atomic E-state index is -3.28. The molecule has 1 amide bonds. The average molecular weight is 509 g/mol. The van der Waals surface area contributed by atoms with Crippen LogP contribution in [-0.4, -0.2) is 66.8 Å². The summed E-state index contributed by atoms with van der Waals surface area (Å²) in [5, 5.41) is 6.87. The first-order chi connectivity index (χ1) is 15.9. The Morgan fingerprint density at radius 3 is 2.82 bits per heavy atom. The van der Waals surface area contributed by atoms with Crippen LogP contribution >= 0.6 is 23.1 Å².